The van der Waals surface area contributed by atoms with Gasteiger partial charge in [-0.2, -0.15) is 0 Å². The quantitative estimate of drug-likeness (QED) is 0.325. The fourth-order valence-corrected chi connectivity index (χ4v) is 2.82. The summed E-state index contributed by atoms with van der Waals surface area (Å²) in [6.07, 6.45) is 5.71. The maximum Gasteiger partial charge on any atom is 0.343 e. The maximum atomic E-state index is 12.3. The standard InChI is InChI=1S/C23H20O5/c1-4-5-18-12-16(6-11-21(18)27-15(2)24)13-19-14-22(28-23(19)25)17-7-9-20(26-3)10-8-17/h4,6-14H,1,5H2,2-3H3/b19-13+. The second-order valence-corrected chi connectivity index (χ2v) is 6.18. The number of benzene rings is 2. The van der Waals surface area contributed by atoms with E-state index in [0.29, 0.717) is 23.5 Å². The van der Waals surface area contributed by atoms with Gasteiger partial charge in [0.15, 0.2) is 0 Å². The fourth-order valence-electron chi connectivity index (χ4n) is 2.82. The summed E-state index contributed by atoms with van der Waals surface area (Å²) in [4.78, 5) is 23.5. The first-order valence-electron chi connectivity index (χ1n) is 8.72. The highest BCUT2D eigenvalue weighted by molar-refractivity contribution is 6.05. The summed E-state index contributed by atoms with van der Waals surface area (Å²) in [5.74, 6) is 0.898. The SMILES string of the molecule is C=CCc1cc(/C=C2\C=C(c3ccc(OC)cc3)OC2=O)ccc1OC(C)=O. The van der Waals surface area contributed by atoms with Crippen LogP contribution >= 0.6 is 0 Å². The molecule has 0 saturated carbocycles. The molecule has 1 heterocycles. The molecule has 3 rings (SSSR count). The monoisotopic (exact) mass is 376 g/mol. The van der Waals surface area contributed by atoms with Gasteiger partial charge in [0.25, 0.3) is 0 Å². The molecule has 0 unspecified atom stereocenters. The largest absolute Gasteiger partial charge is 0.497 e. The van der Waals surface area contributed by atoms with Crippen LogP contribution in [0.1, 0.15) is 23.6 Å². The van der Waals surface area contributed by atoms with Crippen LogP contribution in [-0.4, -0.2) is 19.0 Å². The average molecular weight is 376 g/mol. The number of hydrogen-bond donors (Lipinski definition) is 0. The van der Waals surface area contributed by atoms with Crippen molar-refractivity contribution in [3.05, 3.63) is 83.5 Å². The summed E-state index contributed by atoms with van der Waals surface area (Å²) in [6.45, 7) is 5.08. The molecule has 0 fully saturated rings. The highest BCUT2D eigenvalue weighted by atomic mass is 16.5. The van der Waals surface area contributed by atoms with Crippen LogP contribution in [0.3, 0.4) is 0 Å². The topological polar surface area (TPSA) is 61.8 Å². The lowest BCUT2D eigenvalue weighted by molar-refractivity contribution is -0.132. The summed E-state index contributed by atoms with van der Waals surface area (Å²) in [5, 5.41) is 0. The van der Waals surface area contributed by atoms with Crippen LogP contribution in [0.4, 0.5) is 0 Å². The van der Waals surface area contributed by atoms with Crippen LogP contribution < -0.4 is 9.47 Å². The van der Waals surface area contributed by atoms with E-state index in [4.69, 9.17) is 14.2 Å². The number of allylic oxidation sites excluding steroid dienone is 1. The van der Waals surface area contributed by atoms with Crippen molar-refractivity contribution in [2.24, 2.45) is 0 Å². The van der Waals surface area contributed by atoms with E-state index < -0.39 is 5.97 Å². The first-order chi connectivity index (χ1) is 13.5. The summed E-state index contributed by atoms with van der Waals surface area (Å²) in [6, 6.07) is 12.6. The molecule has 0 radical (unpaired) electrons. The molecule has 0 atom stereocenters. The number of hydrogen-bond acceptors (Lipinski definition) is 5. The Morgan fingerprint density at radius 3 is 2.57 bits per heavy atom. The zero-order valence-corrected chi connectivity index (χ0v) is 15.7. The predicted molar refractivity (Wildman–Crippen MR) is 107 cm³/mol. The highest BCUT2D eigenvalue weighted by Crippen LogP contribution is 2.29. The Hall–Kier alpha value is -3.60. The number of rotatable bonds is 6. The molecular weight excluding hydrogens is 356 g/mol. The van der Waals surface area contributed by atoms with Gasteiger partial charge in [-0.25, -0.2) is 4.79 Å². The molecule has 1 aliphatic rings. The normalized spacial score (nSPS) is 14.4. The van der Waals surface area contributed by atoms with Crippen LogP contribution in [0.5, 0.6) is 11.5 Å². The Labute approximate surface area is 163 Å². The van der Waals surface area contributed by atoms with E-state index >= 15 is 0 Å². The number of carbonyl (C=O) groups is 2. The number of ether oxygens (including phenoxy) is 3. The molecule has 0 amide bonds. The van der Waals surface area contributed by atoms with Crippen molar-refractivity contribution in [2.75, 3.05) is 7.11 Å². The second-order valence-electron chi connectivity index (χ2n) is 6.18. The van der Waals surface area contributed by atoms with E-state index in [1.54, 1.807) is 49.6 Å². The Morgan fingerprint density at radius 1 is 1.18 bits per heavy atom. The molecule has 0 spiro atoms. The number of esters is 2. The minimum Gasteiger partial charge on any atom is -0.497 e. The second kappa shape index (κ2) is 8.39. The van der Waals surface area contributed by atoms with Crippen LogP contribution in [0.2, 0.25) is 0 Å². The van der Waals surface area contributed by atoms with Gasteiger partial charge in [0.1, 0.15) is 17.3 Å². The van der Waals surface area contributed by atoms with Crippen molar-refractivity contribution in [1.29, 1.82) is 0 Å². The first-order valence-corrected chi connectivity index (χ1v) is 8.72. The van der Waals surface area contributed by atoms with Gasteiger partial charge >= 0.3 is 11.9 Å². The highest BCUT2D eigenvalue weighted by Gasteiger charge is 2.22. The fraction of sp³-hybridized carbons (Fsp3) is 0.130. The van der Waals surface area contributed by atoms with Crippen molar-refractivity contribution in [3.63, 3.8) is 0 Å². The average Bonchev–Trinajstić information content (AvgIpc) is 3.04. The molecule has 0 bridgehead atoms. The van der Waals surface area contributed by atoms with E-state index in [9.17, 15) is 9.59 Å². The minimum absolute atomic E-state index is 0.386. The van der Waals surface area contributed by atoms with Gasteiger partial charge in [-0.1, -0.05) is 12.1 Å². The first kappa shape index (κ1) is 19.2. The zero-order chi connectivity index (χ0) is 20.1. The Bertz CT molecular complexity index is 981. The molecule has 1 aliphatic heterocycles. The van der Waals surface area contributed by atoms with Crippen molar-refractivity contribution in [1.82, 2.24) is 0 Å². The van der Waals surface area contributed by atoms with Gasteiger partial charge in [0.05, 0.1) is 12.7 Å². The molecule has 142 valence electrons. The maximum absolute atomic E-state index is 12.3. The Balaban J connectivity index is 1.90. The zero-order valence-electron chi connectivity index (χ0n) is 15.7. The van der Waals surface area contributed by atoms with E-state index in [2.05, 4.69) is 6.58 Å². The number of carbonyl (C=O) groups excluding carboxylic acids is 2. The van der Waals surface area contributed by atoms with Gasteiger partial charge in [-0.15, -0.1) is 6.58 Å². The molecule has 0 saturated heterocycles. The third-order valence-electron chi connectivity index (χ3n) is 4.12. The van der Waals surface area contributed by atoms with Crippen LogP contribution in [0.15, 0.2) is 66.8 Å². The minimum atomic E-state index is -0.417. The van der Waals surface area contributed by atoms with Gasteiger partial charge < -0.3 is 14.2 Å². The molecular formula is C23H20O5. The Morgan fingerprint density at radius 2 is 1.93 bits per heavy atom. The van der Waals surface area contributed by atoms with E-state index in [1.807, 2.05) is 18.2 Å². The van der Waals surface area contributed by atoms with Crippen molar-refractivity contribution >= 4 is 23.8 Å². The molecule has 5 nitrogen and oxygen atoms in total. The summed E-state index contributed by atoms with van der Waals surface area (Å²) in [5.41, 5.74) is 2.84. The molecule has 0 N–H and O–H groups in total. The summed E-state index contributed by atoms with van der Waals surface area (Å²) < 4.78 is 15.7. The lowest BCUT2D eigenvalue weighted by Gasteiger charge is -2.08. The van der Waals surface area contributed by atoms with Gasteiger partial charge in [0, 0.05) is 12.5 Å². The number of methoxy groups -OCH3 is 1. The van der Waals surface area contributed by atoms with Crippen molar-refractivity contribution in [2.45, 2.75) is 13.3 Å². The molecule has 2 aromatic carbocycles. The van der Waals surface area contributed by atoms with Crippen LogP contribution in [0.25, 0.3) is 11.8 Å². The lowest BCUT2D eigenvalue weighted by Crippen LogP contribution is -2.04. The number of cyclic esters (lactones) is 1. The van der Waals surface area contributed by atoms with Gasteiger partial charge in [0.2, 0.25) is 0 Å². The van der Waals surface area contributed by atoms with E-state index in [-0.39, 0.29) is 5.97 Å². The van der Waals surface area contributed by atoms with Crippen molar-refractivity contribution < 1.29 is 23.8 Å². The van der Waals surface area contributed by atoms with Crippen LogP contribution in [0, 0.1) is 0 Å². The molecule has 28 heavy (non-hydrogen) atoms. The van der Waals surface area contributed by atoms with E-state index in [1.165, 1.54) is 6.92 Å². The van der Waals surface area contributed by atoms with Gasteiger partial charge in [-0.3, -0.25) is 4.79 Å². The van der Waals surface area contributed by atoms with Gasteiger partial charge in [-0.05, 0) is 66.1 Å². The molecule has 0 aromatic heterocycles. The summed E-state index contributed by atoms with van der Waals surface area (Å²) >= 11 is 0. The third kappa shape index (κ3) is 4.38. The van der Waals surface area contributed by atoms with Crippen molar-refractivity contribution in [3.8, 4) is 11.5 Å². The Kier molecular flexibility index (Phi) is 5.75. The molecule has 5 heteroatoms. The van der Waals surface area contributed by atoms with Crippen LogP contribution in [-0.2, 0) is 20.7 Å². The lowest BCUT2D eigenvalue weighted by atomic mass is 10.0. The molecule has 0 aliphatic carbocycles. The predicted octanol–water partition coefficient (Wildman–Crippen LogP) is 4.33. The van der Waals surface area contributed by atoms with E-state index in [0.717, 1.165) is 22.4 Å². The molecule has 2 aromatic rings. The summed E-state index contributed by atoms with van der Waals surface area (Å²) in [7, 11) is 1.60. The third-order valence-corrected chi connectivity index (χ3v) is 4.12. The smallest absolute Gasteiger partial charge is 0.343 e.